The monoisotopic (exact) mass is 275 g/mol. The second kappa shape index (κ2) is 5.41. The fourth-order valence-corrected chi connectivity index (χ4v) is 1.94. The Labute approximate surface area is 117 Å². The molecule has 0 spiro atoms. The number of hydrogen-bond donors (Lipinski definition) is 0. The van der Waals surface area contributed by atoms with Gasteiger partial charge in [0, 0.05) is 22.3 Å². The second-order valence-corrected chi connectivity index (χ2v) is 4.86. The van der Waals surface area contributed by atoms with E-state index < -0.39 is 0 Å². The Bertz CT molecular complexity index is 615. The van der Waals surface area contributed by atoms with Crippen molar-refractivity contribution in [1.29, 1.82) is 0 Å². The molecule has 0 radical (unpaired) electrons. The van der Waals surface area contributed by atoms with Gasteiger partial charge in [0.2, 0.25) is 5.88 Å². The Morgan fingerprint density at radius 2 is 1.74 bits per heavy atom. The smallest absolute Gasteiger partial charge is 0.222 e. The van der Waals surface area contributed by atoms with Crippen molar-refractivity contribution in [2.45, 2.75) is 20.8 Å². The predicted octanol–water partition coefficient (Wildman–Crippen LogP) is 4.27. The Kier molecular flexibility index (Phi) is 3.86. The van der Waals surface area contributed by atoms with E-state index in [4.69, 9.17) is 16.3 Å². The quantitative estimate of drug-likeness (QED) is 0.786. The number of halogens is 1. The number of nitrogens with zero attached hydrogens (tertiary/aromatic N) is 1. The first-order valence-corrected chi connectivity index (χ1v) is 6.25. The molecular formula is C15H14ClNO2. The predicted molar refractivity (Wildman–Crippen MR) is 75.4 cm³/mol. The van der Waals surface area contributed by atoms with Gasteiger partial charge < -0.3 is 4.74 Å². The van der Waals surface area contributed by atoms with Crippen LogP contribution in [-0.2, 0) is 0 Å². The van der Waals surface area contributed by atoms with Gasteiger partial charge >= 0.3 is 0 Å². The summed E-state index contributed by atoms with van der Waals surface area (Å²) >= 11 is 6.11. The number of pyridine rings is 1. The van der Waals surface area contributed by atoms with Crippen LogP contribution in [0.5, 0.6) is 11.6 Å². The van der Waals surface area contributed by atoms with Gasteiger partial charge in [-0.3, -0.25) is 4.79 Å². The van der Waals surface area contributed by atoms with Crippen LogP contribution in [0.15, 0.2) is 24.4 Å². The van der Waals surface area contributed by atoms with Crippen LogP contribution in [0.1, 0.15) is 27.0 Å². The lowest BCUT2D eigenvalue weighted by Crippen LogP contribution is -1.94. The average molecular weight is 276 g/mol. The zero-order valence-corrected chi connectivity index (χ0v) is 11.8. The van der Waals surface area contributed by atoms with Crippen molar-refractivity contribution >= 4 is 17.9 Å². The standard InChI is InChI=1S/C15H14ClNO2/c1-9-5-13(6-10(2)14(9)16)19-15-11(3)4-12(8-18)7-17-15/h4-8H,1-3H3. The number of rotatable bonds is 3. The number of carbonyl (C=O) groups excluding carboxylic acids is 1. The first-order valence-electron chi connectivity index (χ1n) is 5.87. The van der Waals surface area contributed by atoms with E-state index in [2.05, 4.69) is 4.98 Å². The Hall–Kier alpha value is -1.87. The lowest BCUT2D eigenvalue weighted by molar-refractivity contribution is 0.112. The third-order valence-corrected chi connectivity index (χ3v) is 3.41. The van der Waals surface area contributed by atoms with Gasteiger partial charge in [-0.2, -0.15) is 0 Å². The summed E-state index contributed by atoms with van der Waals surface area (Å²) in [7, 11) is 0. The topological polar surface area (TPSA) is 39.2 Å². The molecule has 1 aromatic heterocycles. The molecule has 1 heterocycles. The average Bonchev–Trinajstić information content (AvgIpc) is 2.38. The summed E-state index contributed by atoms with van der Waals surface area (Å²) < 4.78 is 5.74. The minimum atomic E-state index is 0.492. The van der Waals surface area contributed by atoms with E-state index in [-0.39, 0.29) is 0 Å². The summed E-state index contributed by atoms with van der Waals surface area (Å²) in [5.41, 5.74) is 3.26. The van der Waals surface area contributed by atoms with Gasteiger partial charge in [-0.05, 0) is 50.1 Å². The van der Waals surface area contributed by atoms with Crippen LogP contribution in [0.4, 0.5) is 0 Å². The molecule has 0 fully saturated rings. The van der Waals surface area contributed by atoms with Crippen molar-refractivity contribution in [2.75, 3.05) is 0 Å². The molecule has 0 atom stereocenters. The number of aryl methyl sites for hydroxylation is 3. The van der Waals surface area contributed by atoms with Gasteiger partial charge in [0.05, 0.1) is 0 Å². The van der Waals surface area contributed by atoms with Gasteiger partial charge in [0.15, 0.2) is 6.29 Å². The molecule has 2 rings (SSSR count). The van der Waals surface area contributed by atoms with E-state index >= 15 is 0 Å². The summed E-state index contributed by atoms with van der Waals surface area (Å²) in [6.45, 7) is 5.71. The number of aromatic nitrogens is 1. The van der Waals surface area contributed by atoms with E-state index in [9.17, 15) is 4.79 Å². The maximum Gasteiger partial charge on any atom is 0.222 e. The molecule has 0 N–H and O–H groups in total. The molecule has 3 nitrogen and oxygen atoms in total. The van der Waals surface area contributed by atoms with Crippen molar-refractivity contribution in [1.82, 2.24) is 4.98 Å². The zero-order chi connectivity index (χ0) is 14.0. The van der Waals surface area contributed by atoms with Gasteiger partial charge in [-0.15, -0.1) is 0 Å². The lowest BCUT2D eigenvalue weighted by atomic mass is 10.1. The molecule has 2 aromatic rings. The number of ether oxygens (including phenoxy) is 1. The van der Waals surface area contributed by atoms with Gasteiger partial charge in [0.25, 0.3) is 0 Å². The largest absolute Gasteiger partial charge is 0.439 e. The molecule has 1 aromatic carbocycles. The van der Waals surface area contributed by atoms with E-state index in [1.54, 1.807) is 6.07 Å². The Balaban J connectivity index is 2.33. The number of benzene rings is 1. The van der Waals surface area contributed by atoms with Crippen LogP contribution < -0.4 is 4.74 Å². The molecule has 0 saturated heterocycles. The highest BCUT2D eigenvalue weighted by molar-refractivity contribution is 6.32. The minimum Gasteiger partial charge on any atom is -0.439 e. The summed E-state index contributed by atoms with van der Waals surface area (Å²) in [6.07, 6.45) is 2.26. The molecule has 98 valence electrons. The van der Waals surface area contributed by atoms with Crippen molar-refractivity contribution in [3.8, 4) is 11.6 Å². The molecule has 0 amide bonds. The number of hydrogen-bond acceptors (Lipinski definition) is 3. The Morgan fingerprint density at radius 3 is 2.26 bits per heavy atom. The molecule has 0 aliphatic rings. The highest BCUT2D eigenvalue weighted by Crippen LogP contribution is 2.29. The molecule has 0 aliphatic heterocycles. The van der Waals surface area contributed by atoms with Crippen molar-refractivity contribution in [2.24, 2.45) is 0 Å². The van der Waals surface area contributed by atoms with Gasteiger partial charge in [-0.25, -0.2) is 4.98 Å². The first kappa shape index (κ1) is 13.6. The fourth-order valence-electron chi connectivity index (χ4n) is 1.83. The van der Waals surface area contributed by atoms with Crippen LogP contribution in [0.3, 0.4) is 0 Å². The van der Waals surface area contributed by atoms with Gasteiger partial charge in [0.1, 0.15) is 5.75 Å². The van der Waals surface area contributed by atoms with Crippen molar-refractivity contribution in [3.05, 3.63) is 51.7 Å². The van der Waals surface area contributed by atoms with Crippen molar-refractivity contribution < 1.29 is 9.53 Å². The van der Waals surface area contributed by atoms with Crippen LogP contribution in [0, 0.1) is 20.8 Å². The fraction of sp³-hybridized carbons (Fsp3) is 0.200. The lowest BCUT2D eigenvalue weighted by Gasteiger charge is -2.10. The van der Waals surface area contributed by atoms with Crippen LogP contribution in [0.25, 0.3) is 0 Å². The SMILES string of the molecule is Cc1cc(C=O)cnc1Oc1cc(C)c(Cl)c(C)c1. The second-order valence-electron chi connectivity index (χ2n) is 4.48. The van der Waals surface area contributed by atoms with Crippen LogP contribution >= 0.6 is 11.6 Å². The molecule has 0 saturated carbocycles. The van der Waals surface area contributed by atoms with Crippen LogP contribution in [-0.4, -0.2) is 11.3 Å². The molecule has 0 unspecified atom stereocenters. The normalized spacial score (nSPS) is 10.3. The van der Waals surface area contributed by atoms with Crippen LogP contribution in [0.2, 0.25) is 5.02 Å². The number of carbonyl (C=O) groups is 1. The summed E-state index contributed by atoms with van der Waals surface area (Å²) in [4.78, 5) is 14.8. The molecule has 19 heavy (non-hydrogen) atoms. The first-order chi connectivity index (χ1) is 9.01. The highest BCUT2D eigenvalue weighted by Gasteiger charge is 2.07. The highest BCUT2D eigenvalue weighted by atomic mass is 35.5. The molecule has 0 aliphatic carbocycles. The third-order valence-electron chi connectivity index (χ3n) is 2.81. The molecule has 4 heteroatoms. The van der Waals surface area contributed by atoms with E-state index in [1.165, 1.54) is 6.20 Å². The minimum absolute atomic E-state index is 0.492. The van der Waals surface area contributed by atoms with Gasteiger partial charge in [-0.1, -0.05) is 11.6 Å². The van der Waals surface area contributed by atoms with Crippen molar-refractivity contribution in [3.63, 3.8) is 0 Å². The Morgan fingerprint density at radius 1 is 1.11 bits per heavy atom. The summed E-state index contributed by atoms with van der Waals surface area (Å²) in [5, 5.41) is 0.744. The van der Waals surface area contributed by atoms with E-state index in [1.807, 2.05) is 32.9 Å². The maximum absolute atomic E-state index is 10.7. The third kappa shape index (κ3) is 2.93. The summed E-state index contributed by atoms with van der Waals surface area (Å²) in [6, 6.07) is 5.47. The molecule has 0 bridgehead atoms. The summed E-state index contributed by atoms with van der Waals surface area (Å²) in [5.74, 6) is 1.18. The maximum atomic E-state index is 10.7. The number of aldehydes is 1. The van der Waals surface area contributed by atoms with E-state index in [0.717, 1.165) is 28.0 Å². The zero-order valence-electron chi connectivity index (χ0n) is 11.0. The molecular weight excluding hydrogens is 262 g/mol. The van der Waals surface area contributed by atoms with E-state index in [0.29, 0.717) is 17.2 Å².